The molecule has 2 rings (SSSR count). The first kappa shape index (κ1) is 13.5. The number of hydrogen-bond acceptors (Lipinski definition) is 4. The Hall–Kier alpha value is -1.89. The third-order valence-electron chi connectivity index (χ3n) is 2.87. The molecule has 0 saturated carbocycles. The zero-order chi connectivity index (χ0) is 14.2. The van der Waals surface area contributed by atoms with Crippen LogP contribution in [0.15, 0.2) is 18.2 Å². The zero-order valence-electron chi connectivity index (χ0n) is 10.6. The van der Waals surface area contributed by atoms with E-state index in [4.69, 9.17) is 5.11 Å². The molecule has 102 valence electrons. The first-order valence-electron chi connectivity index (χ1n) is 5.66. The molecule has 0 aliphatic carbocycles. The summed E-state index contributed by atoms with van der Waals surface area (Å²) < 4.78 is 24.2. The molecule has 1 aromatic carbocycles. The van der Waals surface area contributed by atoms with Gasteiger partial charge in [-0.3, -0.25) is 0 Å². The van der Waals surface area contributed by atoms with Crippen molar-refractivity contribution >= 4 is 26.8 Å². The van der Waals surface area contributed by atoms with E-state index in [1.807, 2.05) is 0 Å². The number of nitrogens with zero attached hydrogens (tertiary/aromatic N) is 2. The van der Waals surface area contributed by atoms with E-state index < -0.39 is 15.8 Å². The van der Waals surface area contributed by atoms with Crippen LogP contribution in [0.2, 0.25) is 0 Å². The fraction of sp³-hybridized carbons (Fsp3) is 0.333. The number of carboxylic acids is 1. The van der Waals surface area contributed by atoms with Crippen molar-refractivity contribution in [3.8, 4) is 0 Å². The minimum Gasteiger partial charge on any atom is -0.478 e. The minimum atomic E-state index is -3.05. The van der Waals surface area contributed by atoms with Crippen molar-refractivity contribution < 1.29 is 18.3 Å². The smallest absolute Gasteiger partial charge is 0.335 e. The molecule has 0 fully saturated rings. The summed E-state index contributed by atoms with van der Waals surface area (Å²) in [5.74, 6) is -0.314. The van der Waals surface area contributed by atoms with E-state index in [1.54, 1.807) is 17.6 Å². The molecule has 0 radical (unpaired) electrons. The maximum atomic E-state index is 11.2. The zero-order valence-corrected chi connectivity index (χ0v) is 11.4. The number of rotatable bonds is 4. The molecule has 0 aliphatic rings. The van der Waals surface area contributed by atoms with Crippen molar-refractivity contribution in [1.82, 2.24) is 9.55 Å². The summed E-state index contributed by atoms with van der Waals surface area (Å²) in [5.41, 5.74) is 1.47. The average molecular weight is 282 g/mol. The van der Waals surface area contributed by atoms with Crippen molar-refractivity contribution in [3.63, 3.8) is 0 Å². The summed E-state index contributed by atoms with van der Waals surface area (Å²) in [6.07, 6.45) is 1.18. The lowest BCUT2D eigenvalue weighted by molar-refractivity contribution is 0.0697. The van der Waals surface area contributed by atoms with E-state index in [1.165, 1.54) is 18.4 Å². The maximum absolute atomic E-state index is 11.2. The molecule has 0 aliphatic heterocycles. The summed E-state index contributed by atoms with van der Waals surface area (Å²) in [7, 11) is -3.05. The summed E-state index contributed by atoms with van der Waals surface area (Å²) in [6.45, 7) is 2.08. The van der Waals surface area contributed by atoms with Crippen molar-refractivity contribution in [3.05, 3.63) is 29.6 Å². The SMILES string of the molecule is Cc1nc2cc(C(=O)O)ccc2n1CCS(C)(=O)=O. The van der Waals surface area contributed by atoms with E-state index >= 15 is 0 Å². The van der Waals surface area contributed by atoms with Gasteiger partial charge in [-0.15, -0.1) is 0 Å². The highest BCUT2D eigenvalue weighted by atomic mass is 32.2. The largest absolute Gasteiger partial charge is 0.478 e. The Morgan fingerprint density at radius 3 is 2.68 bits per heavy atom. The Morgan fingerprint density at radius 1 is 1.42 bits per heavy atom. The molecule has 19 heavy (non-hydrogen) atoms. The van der Waals surface area contributed by atoms with Gasteiger partial charge < -0.3 is 9.67 Å². The van der Waals surface area contributed by atoms with Crippen LogP contribution in [-0.4, -0.2) is 41.1 Å². The maximum Gasteiger partial charge on any atom is 0.335 e. The molecule has 1 heterocycles. The Kier molecular flexibility index (Phi) is 3.32. The molecule has 1 N–H and O–H groups in total. The molecular formula is C12H14N2O4S. The Morgan fingerprint density at radius 2 is 2.11 bits per heavy atom. The van der Waals surface area contributed by atoms with E-state index in [2.05, 4.69) is 4.98 Å². The predicted octanol–water partition coefficient (Wildman–Crippen LogP) is 1.09. The van der Waals surface area contributed by atoms with E-state index in [0.29, 0.717) is 17.9 Å². The fourth-order valence-corrected chi connectivity index (χ4v) is 2.44. The number of aromatic nitrogens is 2. The molecule has 0 unspecified atom stereocenters. The number of hydrogen-bond donors (Lipinski definition) is 1. The van der Waals surface area contributed by atoms with Gasteiger partial charge in [0.2, 0.25) is 0 Å². The van der Waals surface area contributed by atoms with Crippen molar-refractivity contribution in [2.75, 3.05) is 12.0 Å². The fourth-order valence-electron chi connectivity index (χ4n) is 1.92. The topological polar surface area (TPSA) is 89.3 Å². The Labute approximate surface area is 110 Å². The quantitative estimate of drug-likeness (QED) is 0.906. The highest BCUT2D eigenvalue weighted by molar-refractivity contribution is 7.90. The Bertz CT molecular complexity index is 746. The van der Waals surface area contributed by atoms with E-state index in [0.717, 1.165) is 5.52 Å². The van der Waals surface area contributed by atoms with Crippen molar-refractivity contribution in [2.24, 2.45) is 0 Å². The van der Waals surface area contributed by atoms with Crippen LogP contribution in [0.25, 0.3) is 11.0 Å². The van der Waals surface area contributed by atoms with Crippen LogP contribution >= 0.6 is 0 Å². The van der Waals surface area contributed by atoms with Crippen LogP contribution in [-0.2, 0) is 16.4 Å². The number of imidazole rings is 1. The van der Waals surface area contributed by atoms with Crippen LogP contribution in [0.4, 0.5) is 0 Å². The number of fused-ring (bicyclic) bond motifs is 1. The lowest BCUT2D eigenvalue weighted by Gasteiger charge is -2.05. The molecule has 0 atom stereocenters. The average Bonchev–Trinajstić information content (AvgIpc) is 2.59. The molecule has 2 aromatic rings. The van der Waals surface area contributed by atoms with Gasteiger partial charge >= 0.3 is 5.97 Å². The molecule has 1 aromatic heterocycles. The third-order valence-corrected chi connectivity index (χ3v) is 3.80. The normalized spacial score (nSPS) is 11.9. The van der Waals surface area contributed by atoms with E-state index in [9.17, 15) is 13.2 Å². The van der Waals surface area contributed by atoms with Crippen molar-refractivity contribution in [2.45, 2.75) is 13.5 Å². The summed E-state index contributed by atoms with van der Waals surface area (Å²) in [5, 5.41) is 8.92. The lowest BCUT2D eigenvalue weighted by atomic mass is 10.2. The monoisotopic (exact) mass is 282 g/mol. The third kappa shape index (κ3) is 2.93. The highest BCUT2D eigenvalue weighted by Gasteiger charge is 2.12. The molecular weight excluding hydrogens is 268 g/mol. The van der Waals surface area contributed by atoms with Gasteiger partial charge in [-0.05, 0) is 25.1 Å². The second kappa shape index (κ2) is 4.65. The molecule has 0 amide bonds. The van der Waals surface area contributed by atoms with Gasteiger partial charge in [0, 0.05) is 12.8 Å². The summed E-state index contributed by atoms with van der Waals surface area (Å²) in [4.78, 5) is 15.1. The van der Waals surface area contributed by atoms with Crippen LogP contribution in [0, 0.1) is 6.92 Å². The molecule has 0 spiro atoms. The predicted molar refractivity (Wildman–Crippen MR) is 71.1 cm³/mol. The number of carbonyl (C=O) groups is 1. The van der Waals surface area contributed by atoms with Gasteiger partial charge in [0.05, 0.1) is 22.3 Å². The minimum absolute atomic E-state index is 0.0278. The standard InChI is InChI=1S/C12H14N2O4S/c1-8-13-10-7-9(12(15)16)3-4-11(10)14(8)5-6-19(2,17)18/h3-4,7H,5-6H2,1-2H3,(H,15,16). The van der Waals surface area contributed by atoms with Gasteiger partial charge in [0.1, 0.15) is 15.7 Å². The Balaban J connectivity index is 2.45. The number of aromatic carboxylic acids is 1. The second-order valence-corrected chi connectivity index (χ2v) is 6.71. The number of carboxylic acid groups (broad SMARTS) is 1. The van der Waals surface area contributed by atoms with E-state index in [-0.39, 0.29) is 11.3 Å². The van der Waals surface area contributed by atoms with Gasteiger partial charge in [0.25, 0.3) is 0 Å². The van der Waals surface area contributed by atoms with Crippen LogP contribution < -0.4 is 0 Å². The molecule has 0 bridgehead atoms. The van der Waals surface area contributed by atoms with Gasteiger partial charge in [-0.1, -0.05) is 0 Å². The number of aryl methyl sites for hydroxylation is 2. The second-order valence-electron chi connectivity index (χ2n) is 4.45. The highest BCUT2D eigenvalue weighted by Crippen LogP contribution is 2.18. The molecule has 6 nitrogen and oxygen atoms in total. The number of benzene rings is 1. The van der Waals surface area contributed by atoms with Gasteiger partial charge in [0.15, 0.2) is 0 Å². The van der Waals surface area contributed by atoms with Gasteiger partial charge in [-0.25, -0.2) is 18.2 Å². The summed E-state index contributed by atoms with van der Waals surface area (Å²) in [6, 6.07) is 4.63. The van der Waals surface area contributed by atoms with Crippen LogP contribution in [0.3, 0.4) is 0 Å². The first-order valence-corrected chi connectivity index (χ1v) is 7.72. The first-order chi connectivity index (χ1) is 8.78. The lowest BCUT2D eigenvalue weighted by Crippen LogP contribution is -2.12. The van der Waals surface area contributed by atoms with Crippen LogP contribution in [0.1, 0.15) is 16.2 Å². The summed E-state index contributed by atoms with van der Waals surface area (Å²) >= 11 is 0. The van der Waals surface area contributed by atoms with Crippen molar-refractivity contribution in [1.29, 1.82) is 0 Å². The molecule has 0 saturated heterocycles. The number of sulfone groups is 1. The molecule has 7 heteroatoms. The van der Waals surface area contributed by atoms with Gasteiger partial charge in [-0.2, -0.15) is 0 Å². The van der Waals surface area contributed by atoms with Crippen LogP contribution in [0.5, 0.6) is 0 Å².